The van der Waals surface area contributed by atoms with Gasteiger partial charge < -0.3 is 9.80 Å². The van der Waals surface area contributed by atoms with Gasteiger partial charge in [-0.25, -0.2) is 4.98 Å². The van der Waals surface area contributed by atoms with Gasteiger partial charge in [-0.05, 0) is 36.9 Å². The molecule has 4 rings (SSSR count). The van der Waals surface area contributed by atoms with Crippen LogP contribution in [0.25, 0.3) is 0 Å². The highest BCUT2D eigenvalue weighted by molar-refractivity contribution is 7.08. The molecule has 2 aliphatic heterocycles. The predicted octanol–water partition coefficient (Wildman–Crippen LogP) is 2.47. The highest BCUT2D eigenvalue weighted by Crippen LogP contribution is 2.37. The van der Waals surface area contributed by atoms with Gasteiger partial charge in [0.25, 0.3) is 5.91 Å². The summed E-state index contributed by atoms with van der Waals surface area (Å²) in [7, 11) is 0. The SMILES string of the molecule is Cc1cccc(C(=O)N2CC[C@@H]3[C@@H]2CC(=O)N3c2ccsc2)n1. The van der Waals surface area contributed by atoms with Crippen molar-refractivity contribution in [2.45, 2.75) is 31.8 Å². The maximum atomic E-state index is 12.8. The standard InChI is InChI=1S/C17H17N3O2S/c1-11-3-2-4-13(18-11)17(22)19-7-5-14-15(19)9-16(21)20(14)12-6-8-23-10-12/h2-4,6,8,10,14-15H,5,7,9H2,1H3/t14-,15+/m1/s1. The van der Waals surface area contributed by atoms with E-state index < -0.39 is 0 Å². The molecule has 0 aliphatic carbocycles. The smallest absolute Gasteiger partial charge is 0.272 e. The number of aromatic nitrogens is 1. The Balaban J connectivity index is 1.60. The van der Waals surface area contributed by atoms with Crippen LogP contribution in [0.3, 0.4) is 0 Å². The third-order valence-electron chi connectivity index (χ3n) is 4.65. The second-order valence-electron chi connectivity index (χ2n) is 6.04. The van der Waals surface area contributed by atoms with Gasteiger partial charge in [-0.3, -0.25) is 9.59 Å². The number of likely N-dealkylation sites (tertiary alicyclic amines) is 1. The van der Waals surface area contributed by atoms with E-state index in [2.05, 4.69) is 4.98 Å². The zero-order valence-electron chi connectivity index (χ0n) is 12.8. The molecule has 0 radical (unpaired) electrons. The molecular formula is C17H17N3O2S. The third-order valence-corrected chi connectivity index (χ3v) is 5.32. The van der Waals surface area contributed by atoms with E-state index in [0.717, 1.165) is 17.8 Å². The lowest BCUT2D eigenvalue weighted by molar-refractivity contribution is -0.117. The van der Waals surface area contributed by atoms with Gasteiger partial charge in [-0.15, -0.1) is 0 Å². The number of hydrogen-bond acceptors (Lipinski definition) is 4. The Morgan fingerprint density at radius 1 is 1.30 bits per heavy atom. The minimum atomic E-state index is -0.0684. The summed E-state index contributed by atoms with van der Waals surface area (Å²) >= 11 is 1.58. The Labute approximate surface area is 138 Å². The van der Waals surface area contributed by atoms with Crippen LogP contribution in [0, 0.1) is 6.92 Å². The summed E-state index contributed by atoms with van der Waals surface area (Å²) in [6.45, 7) is 2.55. The molecule has 118 valence electrons. The molecule has 0 bridgehead atoms. The molecule has 0 aromatic carbocycles. The molecule has 6 heteroatoms. The van der Waals surface area contributed by atoms with Crippen molar-refractivity contribution in [3.63, 3.8) is 0 Å². The highest BCUT2D eigenvalue weighted by Gasteiger charge is 2.49. The average molecular weight is 327 g/mol. The molecule has 2 aromatic rings. The Bertz CT molecular complexity index is 759. The first-order valence-corrected chi connectivity index (χ1v) is 8.68. The van der Waals surface area contributed by atoms with Crippen LogP contribution in [0.15, 0.2) is 35.0 Å². The fourth-order valence-electron chi connectivity index (χ4n) is 3.64. The number of aryl methyl sites for hydroxylation is 1. The number of rotatable bonds is 2. The lowest BCUT2D eigenvalue weighted by Gasteiger charge is -2.24. The van der Waals surface area contributed by atoms with E-state index in [4.69, 9.17) is 0 Å². The van der Waals surface area contributed by atoms with E-state index in [-0.39, 0.29) is 23.9 Å². The maximum Gasteiger partial charge on any atom is 0.272 e. The first-order chi connectivity index (χ1) is 11.1. The number of carbonyl (C=O) groups excluding carboxylic acids is 2. The quantitative estimate of drug-likeness (QED) is 0.851. The fourth-order valence-corrected chi connectivity index (χ4v) is 4.27. The van der Waals surface area contributed by atoms with Crippen molar-refractivity contribution in [3.05, 3.63) is 46.4 Å². The zero-order chi connectivity index (χ0) is 16.0. The van der Waals surface area contributed by atoms with Gasteiger partial charge in [0.15, 0.2) is 0 Å². The molecule has 2 aliphatic rings. The molecule has 0 unspecified atom stereocenters. The van der Waals surface area contributed by atoms with Crippen molar-refractivity contribution >= 4 is 28.8 Å². The maximum absolute atomic E-state index is 12.8. The van der Waals surface area contributed by atoms with Gasteiger partial charge in [0, 0.05) is 24.0 Å². The second kappa shape index (κ2) is 5.45. The average Bonchev–Trinajstić information content (AvgIpc) is 3.23. The summed E-state index contributed by atoms with van der Waals surface area (Å²) in [6.07, 6.45) is 1.22. The van der Waals surface area contributed by atoms with Gasteiger partial charge >= 0.3 is 0 Å². The first kappa shape index (κ1) is 14.4. The fraction of sp³-hybridized carbons (Fsp3) is 0.353. The predicted molar refractivity (Wildman–Crippen MR) is 88.6 cm³/mol. The Morgan fingerprint density at radius 2 is 2.17 bits per heavy atom. The van der Waals surface area contributed by atoms with E-state index in [1.54, 1.807) is 17.4 Å². The van der Waals surface area contributed by atoms with E-state index in [9.17, 15) is 9.59 Å². The van der Waals surface area contributed by atoms with E-state index >= 15 is 0 Å². The minimum Gasteiger partial charge on any atom is -0.332 e. The van der Waals surface area contributed by atoms with Crippen molar-refractivity contribution in [2.75, 3.05) is 11.4 Å². The van der Waals surface area contributed by atoms with Crippen LogP contribution in [0.5, 0.6) is 0 Å². The number of fused-ring (bicyclic) bond motifs is 1. The van der Waals surface area contributed by atoms with Crippen LogP contribution < -0.4 is 4.90 Å². The molecule has 23 heavy (non-hydrogen) atoms. The largest absolute Gasteiger partial charge is 0.332 e. The van der Waals surface area contributed by atoms with Gasteiger partial charge in [0.1, 0.15) is 5.69 Å². The molecule has 2 fully saturated rings. The summed E-state index contributed by atoms with van der Waals surface area (Å²) in [5.74, 6) is 0.0364. The van der Waals surface area contributed by atoms with Crippen molar-refractivity contribution in [1.82, 2.24) is 9.88 Å². The van der Waals surface area contributed by atoms with E-state index in [1.807, 2.05) is 45.7 Å². The van der Waals surface area contributed by atoms with Crippen molar-refractivity contribution in [3.8, 4) is 0 Å². The van der Waals surface area contributed by atoms with Crippen LogP contribution in [0.2, 0.25) is 0 Å². The number of amides is 2. The molecule has 2 atom stereocenters. The number of nitrogens with zero attached hydrogens (tertiary/aromatic N) is 3. The van der Waals surface area contributed by atoms with Crippen molar-refractivity contribution in [2.24, 2.45) is 0 Å². The number of hydrogen-bond donors (Lipinski definition) is 0. The molecule has 2 saturated heterocycles. The summed E-state index contributed by atoms with van der Waals surface area (Å²) in [5.41, 5.74) is 2.25. The van der Waals surface area contributed by atoms with Crippen LogP contribution in [-0.4, -0.2) is 40.3 Å². The van der Waals surface area contributed by atoms with Crippen LogP contribution in [0.1, 0.15) is 29.0 Å². The topological polar surface area (TPSA) is 53.5 Å². The zero-order valence-corrected chi connectivity index (χ0v) is 13.6. The van der Waals surface area contributed by atoms with Gasteiger partial charge in [-0.2, -0.15) is 11.3 Å². The summed E-state index contributed by atoms with van der Waals surface area (Å²) < 4.78 is 0. The van der Waals surface area contributed by atoms with E-state index in [0.29, 0.717) is 18.7 Å². The second-order valence-corrected chi connectivity index (χ2v) is 6.82. The van der Waals surface area contributed by atoms with Crippen LogP contribution in [-0.2, 0) is 4.79 Å². The van der Waals surface area contributed by atoms with Gasteiger partial charge in [0.05, 0.1) is 17.8 Å². The van der Waals surface area contributed by atoms with Crippen LogP contribution in [0.4, 0.5) is 5.69 Å². The molecule has 2 aromatic heterocycles. The summed E-state index contributed by atoms with van der Waals surface area (Å²) in [4.78, 5) is 33.2. The minimum absolute atomic E-state index is 0.0442. The first-order valence-electron chi connectivity index (χ1n) is 7.74. The Hall–Kier alpha value is -2.21. The van der Waals surface area contributed by atoms with Crippen molar-refractivity contribution < 1.29 is 9.59 Å². The van der Waals surface area contributed by atoms with E-state index in [1.165, 1.54) is 0 Å². The molecule has 0 saturated carbocycles. The monoisotopic (exact) mass is 327 g/mol. The van der Waals surface area contributed by atoms with Crippen molar-refractivity contribution in [1.29, 1.82) is 0 Å². The molecule has 2 amide bonds. The Kier molecular flexibility index (Phi) is 3.41. The van der Waals surface area contributed by atoms with Gasteiger partial charge in [-0.1, -0.05) is 6.07 Å². The molecule has 4 heterocycles. The van der Waals surface area contributed by atoms with Gasteiger partial charge in [0.2, 0.25) is 5.91 Å². The highest BCUT2D eigenvalue weighted by atomic mass is 32.1. The number of carbonyl (C=O) groups is 2. The molecular weight excluding hydrogens is 310 g/mol. The number of pyridine rings is 1. The molecule has 0 N–H and O–H groups in total. The molecule has 0 spiro atoms. The number of anilines is 1. The Morgan fingerprint density at radius 3 is 2.91 bits per heavy atom. The lowest BCUT2D eigenvalue weighted by Crippen LogP contribution is -2.40. The molecule has 5 nitrogen and oxygen atoms in total. The number of thiophene rings is 1. The summed E-state index contributed by atoms with van der Waals surface area (Å²) in [6, 6.07) is 7.48. The lowest BCUT2D eigenvalue weighted by atomic mass is 10.1. The summed E-state index contributed by atoms with van der Waals surface area (Å²) in [5, 5.41) is 3.97. The van der Waals surface area contributed by atoms with Crippen LogP contribution >= 0.6 is 11.3 Å². The normalized spacial score (nSPS) is 23.4. The third kappa shape index (κ3) is 2.34.